The van der Waals surface area contributed by atoms with Crippen LogP contribution in [0, 0.1) is 10.1 Å². The number of aromatic nitrogens is 4. The molecule has 1 aromatic carbocycles. The van der Waals surface area contributed by atoms with Crippen LogP contribution in [0.2, 0.25) is 0 Å². The van der Waals surface area contributed by atoms with Crippen molar-refractivity contribution in [3.63, 3.8) is 0 Å². The maximum Gasteiger partial charge on any atom is 0.301 e. The number of hydrogen-bond acceptors (Lipinski definition) is 10. The van der Waals surface area contributed by atoms with Crippen molar-refractivity contribution in [3.8, 4) is 6.01 Å². The Morgan fingerprint density at radius 3 is 2.94 bits per heavy atom. The normalized spacial score (nSPS) is 26.8. The number of rotatable bonds is 2. The molecule has 2 bridgehead atoms. The van der Waals surface area contributed by atoms with Crippen molar-refractivity contribution in [2.24, 2.45) is 0 Å². The number of benzene rings is 1. The third kappa shape index (κ3) is 2.62. The maximum atomic E-state index is 11.3. The summed E-state index contributed by atoms with van der Waals surface area (Å²) in [6, 6.07) is 5.32. The van der Waals surface area contributed by atoms with Gasteiger partial charge in [0.25, 0.3) is 5.69 Å². The molecule has 31 heavy (non-hydrogen) atoms. The van der Waals surface area contributed by atoms with E-state index < -0.39 is 24.5 Å². The van der Waals surface area contributed by atoms with E-state index in [-0.39, 0.29) is 23.2 Å². The fraction of sp³-hybridized carbons (Fsp3) is 0.421. The van der Waals surface area contributed by atoms with Crippen molar-refractivity contribution in [1.82, 2.24) is 19.5 Å². The van der Waals surface area contributed by atoms with E-state index in [9.17, 15) is 20.3 Å². The molecule has 1 fully saturated rings. The molecule has 3 aliphatic rings. The van der Waals surface area contributed by atoms with Gasteiger partial charge in [0.15, 0.2) is 23.2 Å². The molecule has 0 amide bonds. The molecule has 5 heterocycles. The lowest BCUT2D eigenvalue weighted by Gasteiger charge is -2.29. The van der Waals surface area contributed by atoms with Crippen LogP contribution in [0.4, 0.5) is 11.5 Å². The van der Waals surface area contributed by atoms with Crippen LogP contribution in [0.1, 0.15) is 17.4 Å². The minimum Gasteiger partial charge on any atom is -0.462 e. The fourth-order valence-corrected chi connectivity index (χ4v) is 4.62. The first-order valence-corrected chi connectivity index (χ1v) is 9.90. The molecule has 0 unspecified atom stereocenters. The molecule has 4 atom stereocenters. The van der Waals surface area contributed by atoms with E-state index in [0.717, 1.165) is 11.1 Å². The Hall–Kier alpha value is -3.35. The number of aliphatic hydroxyl groups excluding tert-OH is 2. The molecule has 1 saturated heterocycles. The molecule has 3 aliphatic heterocycles. The van der Waals surface area contributed by atoms with E-state index >= 15 is 0 Å². The number of aliphatic hydroxyl groups is 2. The Bertz CT molecular complexity index is 1210. The standard InChI is InChI=1S/C19H18N6O6/c26-14-12-7-30-19-22-13-16(20-8-21-17(13)24(19)18(31-12)15(14)27)23-5-4-10-9(6-23)2-1-3-11(10)25(28)29/h1-3,8,12,14-15,18,26-27H,4-7H2/t12-,14-,15-,18-/m1/s1. The summed E-state index contributed by atoms with van der Waals surface area (Å²) in [6.45, 7) is 1.02. The number of nitrogens with zero attached hydrogens (tertiary/aromatic N) is 6. The van der Waals surface area contributed by atoms with Crippen molar-refractivity contribution in [3.05, 3.63) is 45.8 Å². The average molecular weight is 426 g/mol. The number of imidazole rings is 1. The first kappa shape index (κ1) is 18.4. The van der Waals surface area contributed by atoms with Gasteiger partial charge in [-0.15, -0.1) is 0 Å². The molecule has 0 saturated carbocycles. The Morgan fingerprint density at radius 1 is 1.23 bits per heavy atom. The van der Waals surface area contributed by atoms with Crippen molar-refractivity contribution < 1.29 is 24.6 Å². The Labute approximate surface area is 174 Å². The summed E-state index contributed by atoms with van der Waals surface area (Å²) in [6.07, 6.45) is -1.81. The summed E-state index contributed by atoms with van der Waals surface area (Å²) in [7, 11) is 0. The molecule has 0 radical (unpaired) electrons. The van der Waals surface area contributed by atoms with Crippen LogP contribution in [0.15, 0.2) is 24.5 Å². The number of hydrogen-bond donors (Lipinski definition) is 2. The van der Waals surface area contributed by atoms with Gasteiger partial charge in [-0.25, -0.2) is 14.5 Å². The van der Waals surface area contributed by atoms with Crippen molar-refractivity contribution in [1.29, 1.82) is 0 Å². The van der Waals surface area contributed by atoms with Crippen molar-refractivity contribution in [2.75, 3.05) is 18.1 Å². The highest BCUT2D eigenvalue weighted by molar-refractivity contribution is 5.85. The zero-order valence-electron chi connectivity index (χ0n) is 16.2. The largest absolute Gasteiger partial charge is 0.462 e. The molecule has 0 spiro atoms. The molecule has 2 aromatic heterocycles. The SMILES string of the molecule is O=[N+]([O-])c1cccc2c1CCN(c1ncnc3c1nc1n3[C@@H]3O[C@H](CO1)[C@@H](O)[C@H]3O)C2. The highest BCUT2D eigenvalue weighted by atomic mass is 16.6. The summed E-state index contributed by atoms with van der Waals surface area (Å²) < 4.78 is 13.0. The fourth-order valence-electron chi connectivity index (χ4n) is 4.62. The lowest BCUT2D eigenvalue weighted by molar-refractivity contribution is -0.385. The van der Waals surface area contributed by atoms with Crippen LogP contribution in [0.3, 0.4) is 0 Å². The van der Waals surface area contributed by atoms with Gasteiger partial charge in [0, 0.05) is 24.7 Å². The highest BCUT2D eigenvalue weighted by Crippen LogP contribution is 2.40. The Morgan fingerprint density at radius 2 is 2.10 bits per heavy atom. The van der Waals surface area contributed by atoms with Gasteiger partial charge in [0.05, 0.1) is 4.92 Å². The van der Waals surface area contributed by atoms with Crippen LogP contribution in [0.5, 0.6) is 6.01 Å². The maximum absolute atomic E-state index is 11.3. The summed E-state index contributed by atoms with van der Waals surface area (Å²) in [5.41, 5.74) is 2.63. The second-order valence-electron chi connectivity index (χ2n) is 7.83. The number of ether oxygens (including phenoxy) is 2. The predicted octanol–water partition coefficient (Wildman–Crippen LogP) is 0.309. The lowest BCUT2D eigenvalue weighted by Crippen LogP contribution is -2.36. The van der Waals surface area contributed by atoms with Crippen LogP contribution in [-0.2, 0) is 17.7 Å². The predicted molar refractivity (Wildman–Crippen MR) is 105 cm³/mol. The number of anilines is 1. The minimum atomic E-state index is -1.13. The van der Waals surface area contributed by atoms with Crippen LogP contribution >= 0.6 is 0 Å². The Balaban J connectivity index is 1.42. The summed E-state index contributed by atoms with van der Waals surface area (Å²) in [4.78, 5) is 26.3. The number of fused-ring (bicyclic) bond motifs is 7. The minimum absolute atomic E-state index is 0.0571. The lowest BCUT2D eigenvalue weighted by atomic mass is 9.98. The van der Waals surface area contributed by atoms with E-state index in [1.807, 2.05) is 11.0 Å². The van der Waals surface area contributed by atoms with E-state index in [0.29, 0.717) is 36.5 Å². The number of nitro benzene ring substituents is 1. The molecule has 2 N–H and O–H groups in total. The number of nitro groups is 1. The highest BCUT2D eigenvalue weighted by Gasteiger charge is 2.48. The molecule has 12 heteroatoms. The van der Waals surface area contributed by atoms with E-state index in [2.05, 4.69) is 15.0 Å². The van der Waals surface area contributed by atoms with Crippen LogP contribution in [-0.4, -0.2) is 66.1 Å². The van der Waals surface area contributed by atoms with Crippen molar-refractivity contribution >= 4 is 22.7 Å². The topological polar surface area (TPSA) is 149 Å². The second kappa shape index (κ2) is 6.57. The molecular weight excluding hydrogens is 408 g/mol. The zero-order chi connectivity index (χ0) is 21.3. The molecule has 12 nitrogen and oxygen atoms in total. The average Bonchev–Trinajstić information content (AvgIpc) is 3.20. The molecule has 0 aliphatic carbocycles. The van der Waals surface area contributed by atoms with Crippen LogP contribution < -0.4 is 9.64 Å². The molecule has 160 valence electrons. The van der Waals surface area contributed by atoms with Gasteiger partial charge in [0.1, 0.15) is 31.2 Å². The van der Waals surface area contributed by atoms with E-state index in [1.54, 1.807) is 10.6 Å². The van der Waals surface area contributed by atoms with E-state index in [4.69, 9.17) is 9.47 Å². The van der Waals surface area contributed by atoms with Gasteiger partial charge in [-0.1, -0.05) is 12.1 Å². The molecule has 3 aromatic rings. The first-order valence-electron chi connectivity index (χ1n) is 9.90. The molecule has 6 rings (SSSR count). The van der Waals surface area contributed by atoms with Gasteiger partial charge in [0.2, 0.25) is 0 Å². The summed E-state index contributed by atoms with van der Waals surface area (Å²) >= 11 is 0. The van der Waals surface area contributed by atoms with Gasteiger partial charge in [-0.2, -0.15) is 4.98 Å². The quantitative estimate of drug-likeness (QED) is 0.433. The molecular formula is C19H18N6O6. The van der Waals surface area contributed by atoms with Crippen molar-refractivity contribution in [2.45, 2.75) is 37.5 Å². The van der Waals surface area contributed by atoms with Crippen LogP contribution in [0.25, 0.3) is 11.2 Å². The first-order chi connectivity index (χ1) is 15.0. The van der Waals surface area contributed by atoms with Gasteiger partial charge >= 0.3 is 6.01 Å². The zero-order valence-corrected chi connectivity index (χ0v) is 16.2. The second-order valence-corrected chi connectivity index (χ2v) is 7.83. The summed E-state index contributed by atoms with van der Waals surface area (Å²) in [5, 5.41) is 31.9. The smallest absolute Gasteiger partial charge is 0.301 e. The monoisotopic (exact) mass is 426 g/mol. The summed E-state index contributed by atoms with van der Waals surface area (Å²) in [5.74, 6) is 0.566. The third-order valence-electron chi connectivity index (χ3n) is 6.13. The van der Waals surface area contributed by atoms with Gasteiger partial charge in [-0.3, -0.25) is 10.1 Å². The van der Waals surface area contributed by atoms with Gasteiger partial charge in [-0.05, 0) is 12.0 Å². The van der Waals surface area contributed by atoms with E-state index in [1.165, 1.54) is 12.4 Å². The van der Waals surface area contributed by atoms with Gasteiger partial charge < -0.3 is 24.6 Å². The third-order valence-corrected chi connectivity index (χ3v) is 6.13. The Kier molecular flexibility index (Phi) is 3.91.